The molecule has 4 heteroatoms. The first-order valence-corrected chi connectivity index (χ1v) is 4.87. The van der Waals surface area contributed by atoms with Crippen LogP contribution >= 0.6 is 0 Å². The number of dihydropyridines is 1. The second-order valence-electron chi connectivity index (χ2n) is 3.52. The summed E-state index contributed by atoms with van der Waals surface area (Å²) in [5.41, 5.74) is 4.56. The highest BCUT2D eigenvalue weighted by Gasteiger charge is 2.38. The zero-order valence-corrected chi connectivity index (χ0v) is 8.55. The Morgan fingerprint density at radius 1 is 1.31 bits per heavy atom. The number of hydrogen-bond donors (Lipinski definition) is 3. The Bertz CT molecular complexity index is 465. The SMILES string of the molecule is NC(=O)C1(O)NC=CC=C1c1ccccc1. The van der Waals surface area contributed by atoms with Crippen molar-refractivity contribution in [1.29, 1.82) is 0 Å². The lowest BCUT2D eigenvalue weighted by atomic mass is 9.92. The maximum absolute atomic E-state index is 11.3. The third kappa shape index (κ3) is 1.59. The molecule has 0 radical (unpaired) electrons. The van der Waals surface area contributed by atoms with Crippen LogP contribution in [0, 0.1) is 0 Å². The van der Waals surface area contributed by atoms with E-state index in [0.29, 0.717) is 5.57 Å². The van der Waals surface area contributed by atoms with Gasteiger partial charge in [-0.05, 0) is 17.8 Å². The molecule has 0 spiro atoms. The number of primary amides is 1. The number of nitrogens with two attached hydrogens (primary N) is 1. The van der Waals surface area contributed by atoms with Gasteiger partial charge in [0.05, 0.1) is 0 Å². The number of rotatable bonds is 2. The molecule has 1 aliphatic heterocycles. The molecule has 1 amide bonds. The molecule has 1 atom stereocenters. The highest BCUT2D eigenvalue weighted by atomic mass is 16.3. The van der Waals surface area contributed by atoms with Crippen LogP contribution in [0.5, 0.6) is 0 Å². The number of aliphatic hydroxyl groups is 1. The van der Waals surface area contributed by atoms with Crippen LogP contribution in [0.4, 0.5) is 0 Å². The number of carbonyl (C=O) groups is 1. The third-order valence-electron chi connectivity index (χ3n) is 2.48. The summed E-state index contributed by atoms with van der Waals surface area (Å²) < 4.78 is 0. The highest BCUT2D eigenvalue weighted by Crippen LogP contribution is 2.27. The van der Waals surface area contributed by atoms with Gasteiger partial charge in [-0.15, -0.1) is 0 Å². The number of amides is 1. The Morgan fingerprint density at radius 3 is 2.62 bits per heavy atom. The van der Waals surface area contributed by atoms with Gasteiger partial charge in [-0.3, -0.25) is 4.79 Å². The molecule has 1 aromatic rings. The third-order valence-corrected chi connectivity index (χ3v) is 2.48. The fourth-order valence-corrected chi connectivity index (χ4v) is 1.64. The quantitative estimate of drug-likeness (QED) is 0.668. The standard InChI is InChI=1S/C12H12N2O2/c13-11(15)12(16)10(7-4-8-14-12)9-5-2-1-3-6-9/h1-8,14,16H,(H2,13,15). The minimum absolute atomic E-state index is 0.447. The van der Waals surface area contributed by atoms with E-state index in [4.69, 9.17) is 5.73 Å². The second-order valence-corrected chi connectivity index (χ2v) is 3.52. The molecule has 4 nitrogen and oxygen atoms in total. The van der Waals surface area contributed by atoms with Gasteiger partial charge in [0.2, 0.25) is 5.72 Å². The topological polar surface area (TPSA) is 75.4 Å². The van der Waals surface area contributed by atoms with E-state index in [1.807, 2.05) is 18.2 Å². The molecule has 1 aliphatic rings. The molecule has 0 saturated heterocycles. The predicted octanol–water partition coefficient (Wildman–Crippen LogP) is 0.361. The molecule has 0 aromatic heterocycles. The number of hydrogen-bond acceptors (Lipinski definition) is 3. The highest BCUT2D eigenvalue weighted by molar-refractivity contribution is 5.98. The minimum atomic E-state index is -1.84. The Kier molecular flexibility index (Phi) is 2.50. The van der Waals surface area contributed by atoms with Crippen molar-refractivity contribution in [1.82, 2.24) is 5.32 Å². The van der Waals surface area contributed by atoms with Crippen LogP contribution in [0.25, 0.3) is 5.57 Å². The van der Waals surface area contributed by atoms with E-state index in [1.165, 1.54) is 6.20 Å². The van der Waals surface area contributed by atoms with Crippen molar-refractivity contribution in [2.24, 2.45) is 5.73 Å². The van der Waals surface area contributed by atoms with E-state index in [-0.39, 0.29) is 0 Å². The van der Waals surface area contributed by atoms with Crippen molar-refractivity contribution >= 4 is 11.5 Å². The lowest BCUT2D eigenvalue weighted by molar-refractivity contribution is -0.132. The van der Waals surface area contributed by atoms with Gasteiger partial charge >= 0.3 is 0 Å². The summed E-state index contributed by atoms with van der Waals surface area (Å²) in [4.78, 5) is 11.3. The fraction of sp³-hybridized carbons (Fsp3) is 0.0833. The van der Waals surface area contributed by atoms with E-state index < -0.39 is 11.6 Å². The van der Waals surface area contributed by atoms with Gasteiger partial charge in [-0.1, -0.05) is 36.4 Å². The summed E-state index contributed by atoms with van der Waals surface area (Å²) >= 11 is 0. The lowest BCUT2D eigenvalue weighted by Gasteiger charge is -2.30. The molecule has 1 unspecified atom stereocenters. The Balaban J connectivity index is 2.49. The van der Waals surface area contributed by atoms with E-state index in [9.17, 15) is 9.90 Å². The van der Waals surface area contributed by atoms with Crippen molar-refractivity contribution in [3.05, 3.63) is 54.2 Å². The van der Waals surface area contributed by atoms with Gasteiger partial charge in [0.25, 0.3) is 5.91 Å². The zero-order chi connectivity index (χ0) is 11.6. The van der Waals surface area contributed by atoms with Gasteiger partial charge < -0.3 is 16.2 Å². The Hall–Kier alpha value is -2.07. The maximum atomic E-state index is 11.3. The van der Waals surface area contributed by atoms with Gasteiger partial charge in [-0.2, -0.15) is 0 Å². The molecule has 0 aliphatic carbocycles. The molecular weight excluding hydrogens is 204 g/mol. The second kappa shape index (κ2) is 3.83. The number of benzene rings is 1. The Morgan fingerprint density at radius 2 is 2.00 bits per heavy atom. The lowest BCUT2D eigenvalue weighted by Crippen LogP contribution is -2.55. The minimum Gasteiger partial charge on any atom is -0.365 e. The first-order chi connectivity index (χ1) is 7.64. The summed E-state index contributed by atoms with van der Waals surface area (Å²) in [6.45, 7) is 0. The number of nitrogens with one attached hydrogen (secondary N) is 1. The van der Waals surface area contributed by atoms with E-state index in [0.717, 1.165) is 5.56 Å². The van der Waals surface area contributed by atoms with E-state index in [1.54, 1.807) is 24.3 Å². The van der Waals surface area contributed by atoms with Crippen LogP contribution in [0.3, 0.4) is 0 Å². The first kappa shape index (κ1) is 10.4. The maximum Gasteiger partial charge on any atom is 0.275 e. The smallest absolute Gasteiger partial charge is 0.275 e. The zero-order valence-electron chi connectivity index (χ0n) is 8.55. The van der Waals surface area contributed by atoms with Gasteiger partial charge in [0.15, 0.2) is 0 Å². The van der Waals surface area contributed by atoms with Gasteiger partial charge in [0, 0.05) is 5.57 Å². The van der Waals surface area contributed by atoms with Crippen LogP contribution in [-0.4, -0.2) is 16.7 Å². The van der Waals surface area contributed by atoms with Crippen LogP contribution in [0.15, 0.2) is 48.7 Å². The molecule has 82 valence electrons. The molecule has 4 N–H and O–H groups in total. The number of allylic oxidation sites excluding steroid dienone is 2. The summed E-state index contributed by atoms with van der Waals surface area (Å²) in [6, 6.07) is 9.13. The average molecular weight is 216 g/mol. The van der Waals surface area contributed by atoms with Crippen LogP contribution in [0.1, 0.15) is 5.56 Å². The molecule has 0 fully saturated rings. The largest absolute Gasteiger partial charge is 0.365 e. The first-order valence-electron chi connectivity index (χ1n) is 4.87. The normalized spacial score (nSPS) is 23.4. The van der Waals surface area contributed by atoms with E-state index >= 15 is 0 Å². The van der Waals surface area contributed by atoms with Crippen molar-refractivity contribution in [3.8, 4) is 0 Å². The fourth-order valence-electron chi connectivity index (χ4n) is 1.64. The average Bonchev–Trinajstić information content (AvgIpc) is 2.30. The molecular formula is C12H12N2O2. The van der Waals surface area contributed by atoms with Crippen molar-refractivity contribution in [2.45, 2.75) is 5.72 Å². The molecule has 16 heavy (non-hydrogen) atoms. The summed E-state index contributed by atoms with van der Waals surface area (Å²) in [5.74, 6) is -0.827. The van der Waals surface area contributed by atoms with Gasteiger partial charge in [-0.25, -0.2) is 0 Å². The van der Waals surface area contributed by atoms with Crippen LogP contribution in [0.2, 0.25) is 0 Å². The van der Waals surface area contributed by atoms with Crippen molar-refractivity contribution in [2.75, 3.05) is 0 Å². The van der Waals surface area contributed by atoms with Crippen molar-refractivity contribution < 1.29 is 9.90 Å². The molecule has 1 aromatic carbocycles. The predicted molar refractivity (Wildman–Crippen MR) is 60.8 cm³/mol. The van der Waals surface area contributed by atoms with Gasteiger partial charge in [0.1, 0.15) is 0 Å². The molecule has 1 heterocycles. The van der Waals surface area contributed by atoms with Crippen molar-refractivity contribution in [3.63, 3.8) is 0 Å². The monoisotopic (exact) mass is 216 g/mol. The van der Waals surface area contributed by atoms with Crippen LogP contribution in [-0.2, 0) is 4.79 Å². The van der Waals surface area contributed by atoms with Crippen LogP contribution < -0.4 is 11.1 Å². The summed E-state index contributed by atoms with van der Waals surface area (Å²) in [5, 5.41) is 12.7. The van der Waals surface area contributed by atoms with E-state index in [2.05, 4.69) is 5.32 Å². The number of carbonyl (C=O) groups excluding carboxylic acids is 1. The Labute approximate surface area is 93.1 Å². The molecule has 0 bridgehead atoms. The summed E-state index contributed by atoms with van der Waals surface area (Å²) in [6.07, 6.45) is 4.85. The molecule has 0 saturated carbocycles. The molecule has 2 rings (SSSR count). The summed E-state index contributed by atoms with van der Waals surface area (Å²) in [7, 11) is 0.